The van der Waals surface area contributed by atoms with E-state index in [1.165, 1.54) is 0 Å². The van der Waals surface area contributed by atoms with Crippen LogP contribution >= 0.6 is 28.3 Å². The highest BCUT2D eigenvalue weighted by molar-refractivity contribution is 9.10. The Kier molecular flexibility index (Phi) is 4.65. The van der Waals surface area contributed by atoms with E-state index in [1.807, 2.05) is 19.2 Å². The number of nitrogens with two attached hydrogens (primary N) is 1. The van der Waals surface area contributed by atoms with Gasteiger partial charge in [-0.2, -0.15) is 0 Å². The first-order valence-corrected chi connectivity index (χ1v) is 3.84. The Morgan fingerprint density at radius 1 is 1.64 bits per heavy atom. The molecular formula is C7H10BrClN2. The number of halogens is 2. The molecular weight excluding hydrogens is 227 g/mol. The molecule has 0 aliphatic carbocycles. The van der Waals surface area contributed by atoms with Crippen LogP contribution in [0.2, 0.25) is 0 Å². The first kappa shape index (κ1) is 10.9. The van der Waals surface area contributed by atoms with Gasteiger partial charge in [0, 0.05) is 17.2 Å². The maximum Gasteiger partial charge on any atom is 0.0681 e. The molecule has 0 unspecified atom stereocenters. The van der Waals surface area contributed by atoms with Crippen LogP contribution in [-0.4, -0.2) is 4.98 Å². The lowest BCUT2D eigenvalue weighted by Crippen LogP contribution is -2.00. The molecule has 4 heteroatoms. The maximum atomic E-state index is 5.41. The lowest BCUT2D eigenvalue weighted by atomic mass is 10.3. The molecule has 1 aromatic heterocycles. The molecule has 62 valence electrons. The average molecular weight is 238 g/mol. The van der Waals surface area contributed by atoms with Gasteiger partial charge in [-0.25, -0.2) is 0 Å². The second-order valence-corrected chi connectivity index (χ2v) is 3.00. The summed E-state index contributed by atoms with van der Waals surface area (Å²) in [5.41, 5.74) is 7.46. The molecule has 0 atom stereocenters. The van der Waals surface area contributed by atoms with Gasteiger partial charge in [-0.1, -0.05) is 0 Å². The number of hydrogen-bond acceptors (Lipinski definition) is 2. The van der Waals surface area contributed by atoms with Crippen LogP contribution in [0.5, 0.6) is 0 Å². The van der Waals surface area contributed by atoms with E-state index >= 15 is 0 Å². The minimum atomic E-state index is 0. The second kappa shape index (κ2) is 4.70. The summed E-state index contributed by atoms with van der Waals surface area (Å²) in [5, 5.41) is 0. The zero-order chi connectivity index (χ0) is 7.56. The standard InChI is InChI=1S/C7H9BrN2.ClH/c1-5-2-6(8)7(3-9)10-4-5;/h2,4H,3,9H2,1H3;1H. The predicted octanol–water partition coefficient (Wildman–Crippen LogP) is 2.03. The van der Waals surface area contributed by atoms with E-state index in [-0.39, 0.29) is 12.4 Å². The van der Waals surface area contributed by atoms with Crippen LogP contribution in [-0.2, 0) is 6.54 Å². The van der Waals surface area contributed by atoms with Crippen molar-refractivity contribution in [3.63, 3.8) is 0 Å². The maximum absolute atomic E-state index is 5.41. The number of nitrogens with zero attached hydrogens (tertiary/aromatic N) is 1. The first-order valence-electron chi connectivity index (χ1n) is 3.05. The third-order valence-electron chi connectivity index (χ3n) is 1.25. The topological polar surface area (TPSA) is 38.9 Å². The van der Waals surface area contributed by atoms with Crippen LogP contribution in [0.4, 0.5) is 0 Å². The Morgan fingerprint density at radius 2 is 2.27 bits per heavy atom. The summed E-state index contributed by atoms with van der Waals surface area (Å²) < 4.78 is 0.995. The highest BCUT2D eigenvalue weighted by Gasteiger charge is 1.96. The fourth-order valence-electron chi connectivity index (χ4n) is 0.712. The van der Waals surface area contributed by atoms with Crippen LogP contribution in [0.25, 0.3) is 0 Å². The SMILES string of the molecule is Cc1cnc(CN)c(Br)c1.Cl. The minimum absolute atomic E-state index is 0. The van der Waals surface area contributed by atoms with Crippen LogP contribution in [0.3, 0.4) is 0 Å². The molecule has 11 heavy (non-hydrogen) atoms. The highest BCUT2D eigenvalue weighted by Crippen LogP contribution is 2.14. The van der Waals surface area contributed by atoms with Crippen LogP contribution in [0.15, 0.2) is 16.7 Å². The predicted molar refractivity (Wildman–Crippen MR) is 51.8 cm³/mol. The van der Waals surface area contributed by atoms with E-state index in [4.69, 9.17) is 5.73 Å². The third kappa shape index (κ3) is 2.77. The van der Waals surface area contributed by atoms with Gasteiger partial charge in [0.15, 0.2) is 0 Å². The number of rotatable bonds is 1. The molecule has 0 bridgehead atoms. The number of aryl methyl sites for hydroxylation is 1. The van der Waals surface area contributed by atoms with Gasteiger partial charge >= 0.3 is 0 Å². The zero-order valence-electron chi connectivity index (χ0n) is 6.17. The van der Waals surface area contributed by atoms with Crippen molar-refractivity contribution in [2.75, 3.05) is 0 Å². The summed E-state index contributed by atoms with van der Waals surface area (Å²) in [6, 6.07) is 2.01. The van der Waals surface area contributed by atoms with Crippen molar-refractivity contribution in [1.82, 2.24) is 4.98 Å². The van der Waals surface area contributed by atoms with Gasteiger partial charge < -0.3 is 5.73 Å². The average Bonchev–Trinajstić information content (AvgIpc) is 1.88. The van der Waals surface area contributed by atoms with E-state index in [1.54, 1.807) is 0 Å². The second-order valence-electron chi connectivity index (χ2n) is 2.15. The summed E-state index contributed by atoms with van der Waals surface area (Å²) >= 11 is 3.36. The van der Waals surface area contributed by atoms with Crippen molar-refractivity contribution in [1.29, 1.82) is 0 Å². The van der Waals surface area contributed by atoms with E-state index in [0.717, 1.165) is 15.7 Å². The summed E-state index contributed by atoms with van der Waals surface area (Å²) in [6.45, 7) is 2.49. The number of pyridine rings is 1. The molecule has 0 fully saturated rings. The quantitative estimate of drug-likeness (QED) is 0.812. The van der Waals surface area contributed by atoms with Gasteiger partial charge in [0.25, 0.3) is 0 Å². The summed E-state index contributed by atoms with van der Waals surface area (Å²) in [5.74, 6) is 0. The molecule has 1 heterocycles. The molecule has 0 saturated heterocycles. The van der Waals surface area contributed by atoms with Gasteiger partial charge in [0.05, 0.1) is 5.69 Å². The van der Waals surface area contributed by atoms with E-state index in [9.17, 15) is 0 Å². The fourth-order valence-corrected chi connectivity index (χ4v) is 1.34. The molecule has 0 saturated carbocycles. The molecule has 2 N–H and O–H groups in total. The number of aromatic nitrogens is 1. The Balaban J connectivity index is 0.000001000. The van der Waals surface area contributed by atoms with Crippen molar-refractivity contribution in [3.05, 3.63) is 28.0 Å². The Labute approximate surface area is 80.7 Å². The molecule has 0 spiro atoms. The molecule has 2 nitrogen and oxygen atoms in total. The van der Waals surface area contributed by atoms with E-state index in [2.05, 4.69) is 20.9 Å². The molecule has 0 aliphatic rings. The van der Waals surface area contributed by atoms with Crippen LogP contribution < -0.4 is 5.73 Å². The first-order chi connectivity index (χ1) is 4.74. The Bertz CT molecular complexity index is 240. The van der Waals surface area contributed by atoms with E-state index < -0.39 is 0 Å². The van der Waals surface area contributed by atoms with Crippen LogP contribution in [0, 0.1) is 6.92 Å². The smallest absolute Gasteiger partial charge is 0.0681 e. The monoisotopic (exact) mass is 236 g/mol. The summed E-state index contributed by atoms with van der Waals surface area (Å²) in [6.07, 6.45) is 1.81. The highest BCUT2D eigenvalue weighted by atomic mass is 79.9. The van der Waals surface area contributed by atoms with Crippen molar-refractivity contribution in [2.45, 2.75) is 13.5 Å². The molecule has 0 amide bonds. The minimum Gasteiger partial charge on any atom is -0.325 e. The molecule has 0 radical (unpaired) electrons. The van der Waals surface area contributed by atoms with Gasteiger partial charge in [-0.05, 0) is 34.5 Å². The van der Waals surface area contributed by atoms with Gasteiger partial charge in [-0.15, -0.1) is 12.4 Å². The normalized spacial score (nSPS) is 9.00. The lowest BCUT2D eigenvalue weighted by Gasteiger charge is -1.99. The molecule has 1 aromatic rings. The van der Waals surface area contributed by atoms with Gasteiger partial charge in [-0.3, -0.25) is 4.98 Å². The van der Waals surface area contributed by atoms with E-state index in [0.29, 0.717) is 6.54 Å². The lowest BCUT2D eigenvalue weighted by molar-refractivity contribution is 0.973. The van der Waals surface area contributed by atoms with Crippen molar-refractivity contribution in [3.8, 4) is 0 Å². The molecule has 1 rings (SSSR count). The Morgan fingerprint density at radius 3 is 2.73 bits per heavy atom. The van der Waals surface area contributed by atoms with Gasteiger partial charge in [0.2, 0.25) is 0 Å². The third-order valence-corrected chi connectivity index (χ3v) is 1.93. The summed E-state index contributed by atoms with van der Waals surface area (Å²) in [7, 11) is 0. The van der Waals surface area contributed by atoms with Crippen LogP contribution in [0.1, 0.15) is 11.3 Å². The molecule has 0 aromatic carbocycles. The van der Waals surface area contributed by atoms with Gasteiger partial charge in [0.1, 0.15) is 0 Å². The molecule has 0 aliphatic heterocycles. The number of hydrogen-bond donors (Lipinski definition) is 1. The zero-order valence-corrected chi connectivity index (χ0v) is 8.58. The largest absolute Gasteiger partial charge is 0.325 e. The fraction of sp³-hybridized carbons (Fsp3) is 0.286. The van der Waals surface area contributed by atoms with Crippen molar-refractivity contribution < 1.29 is 0 Å². The van der Waals surface area contributed by atoms with Crippen molar-refractivity contribution in [2.24, 2.45) is 5.73 Å². The van der Waals surface area contributed by atoms with Crippen molar-refractivity contribution >= 4 is 28.3 Å². The summed E-state index contributed by atoms with van der Waals surface area (Å²) in [4.78, 5) is 4.12. The Hall–Kier alpha value is -0.120.